The maximum absolute atomic E-state index is 13.4. The Morgan fingerprint density at radius 2 is 1.83 bits per heavy atom. The SMILES string of the molecule is CCCCCc1nc2cnccc2n1Cc1ccc(S(=O)(=O)N(C)[C@H](COCC)CC(C)C)cc1. The number of nitrogens with zero attached hydrogens (tertiary/aromatic N) is 4. The monoisotopic (exact) mass is 500 g/mol. The van der Waals surface area contributed by atoms with Crippen LogP contribution in [0.2, 0.25) is 0 Å². The lowest BCUT2D eigenvalue weighted by Gasteiger charge is -2.28. The smallest absolute Gasteiger partial charge is 0.243 e. The molecule has 3 aromatic rings. The van der Waals surface area contributed by atoms with Crippen LogP contribution in [0.4, 0.5) is 0 Å². The predicted molar refractivity (Wildman–Crippen MR) is 141 cm³/mol. The molecule has 8 heteroatoms. The highest BCUT2D eigenvalue weighted by molar-refractivity contribution is 7.89. The standard InChI is InChI=1S/C27H40N4O3S/c1-6-8-9-10-27-29-25-18-28-16-15-26(25)31(27)19-22-11-13-24(14-12-22)35(32,33)30(5)23(17-21(3)4)20-34-7-2/h11-16,18,21,23H,6-10,17,19-20H2,1-5H3/t23-/m0/s1. The number of aromatic nitrogens is 3. The van der Waals surface area contributed by atoms with Gasteiger partial charge in [-0.3, -0.25) is 4.98 Å². The van der Waals surface area contributed by atoms with Crippen molar-refractivity contribution in [1.29, 1.82) is 0 Å². The molecule has 0 aliphatic rings. The lowest BCUT2D eigenvalue weighted by Crippen LogP contribution is -2.41. The second-order valence-corrected chi connectivity index (χ2v) is 11.5. The van der Waals surface area contributed by atoms with Crippen LogP contribution >= 0.6 is 0 Å². The van der Waals surface area contributed by atoms with Gasteiger partial charge in [0.05, 0.1) is 23.2 Å². The van der Waals surface area contributed by atoms with Crippen molar-refractivity contribution in [3.05, 3.63) is 54.1 Å². The zero-order valence-electron chi connectivity index (χ0n) is 21.8. The summed E-state index contributed by atoms with van der Waals surface area (Å²) in [5.41, 5.74) is 2.98. The van der Waals surface area contributed by atoms with E-state index in [0.29, 0.717) is 30.6 Å². The molecule has 35 heavy (non-hydrogen) atoms. The molecule has 3 rings (SSSR count). The van der Waals surface area contributed by atoms with Gasteiger partial charge in [-0.15, -0.1) is 0 Å². The summed E-state index contributed by atoms with van der Waals surface area (Å²) in [6, 6.07) is 9.04. The molecule has 0 bridgehead atoms. The number of pyridine rings is 1. The third-order valence-corrected chi connectivity index (χ3v) is 8.27. The summed E-state index contributed by atoms with van der Waals surface area (Å²) in [4.78, 5) is 9.34. The maximum atomic E-state index is 13.4. The summed E-state index contributed by atoms with van der Waals surface area (Å²) in [6.45, 7) is 9.92. The number of benzene rings is 1. The highest BCUT2D eigenvalue weighted by atomic mass is 32.2. The highest BCUT2D eigenvalue weighted by Gasteiger charge is 2.28. The van der Waals surface area contributed by atoms with Gasteiger partial charge in [-0.1, -0.05) is 45.7 Å². The molecule has 0 amide bonds. The summed E-state index contributed by atoms with van der Waals surface area (Å²) in [5, 5.41) is 0. The van der Waals surface area contributed by atoms with E-state index in [0.717, 1.165) is 48.1 Å². The molecule has 0 spiro atoms. The molecule has 7 nitrogen and oxygen atoms in total. The molecule has 0 aliphatic carbocycles. The molecular formula is C27H40N4O3S. The molecule has 192 valence electrons. The molecular weight excluding hydrogens is 460 g/mol. The van der Waals surface area contributed by atoms with E-state index < -0.39 is 10.0 Å². The number of imidazole rings is 1. The Morgan fingerprint density at radius 3 is 2.49 bits per heavy atom. The van der Waals surface area contributed by atoms with Crippen LogP contribution < -0.4 is 0 Å². The van der Waals surface area contributed by atoms with Crippen molar-refractivity contribution >= 4 is 21.1 Å². The minimum Gasteiger partial charge on any atom is -0.380 e. The molecule has 0 fully saturated rings. The fourth-order valence-corrected chi connectivity index (χ4v) is 5.72. The van der Waals surface area contributed by atoms with E-state index in [-0.39, 0.29) is 6.04 Å². The van der Waals surface area contributed by atoms with Gasteiger partial charge in [-0.05, 0) is 49.4 Å². The number of ether oxygens (including phenoxy) is 1. The first-order chi connectivity index (χ1) is 16.8. The lowest BCUT2D eigenvalue weighted by molar-refractivity contribution is 0.0954. The minimum absolute atomic E-state index is 0.198. The number of fused-ring (bicyclic) bond motifs is 1. The van der Waals surface area contributed by atoms with Gasteiger partial charge in [-0.2, -0.15) is 4.31 Å². The number of rotatable bonds is 14. The van der Waals surface area contributed by atoms with E-state index in [1.54, 1.807) is 31.6 Å². The van der Waals surface area contributed by atoms with E-state index in [1.165, 1.54) is 10.7 Å². The molecule has 0 aliphatic heterocycles. The van der Waals surface area contributed by atoms with E-state index in [2.05, 4.69) is 30.3 Å². The van der Waals surface area contributed by atoms with E-state index in [9.17, 15) is 8.42 Å². The first-order valence-corrected chi connectivity index (χ1v) is 14.2. The maximum Gasteiger partial charge on any atom is 0.243 e. The predicted octanol–water partition coefficient (Wildman–Crippen LogP) is 5.28. The Hall–Kier alpha value is -2.29. The van der Waals surface area contributed by atoms with Crippen LogP contribution in [0.5, 0.6) is 0 Å². The molecule has 2 aromatic heterocycles. The second-order valence-electron chi connectivity index (χ2n) is 9.54. The van der Waals surface area contributed by atoms with Crippen molar-refractivity contribution in [2.45, 2.75) is 77.3 Å². The topological polar surface area (TPSA) is 77.3 Å². The quantitative estimate of drug-likeness (QED) is 0.281. The summed E-state index contributed by atoms with van der Waals surface area (Å²) < 4.78 is 36.0. The van der Waals surface area contributed by atoms with Gasteiger partial charge in [0, 0.05) is 38.9 Å². The summed E-state index contributed by atoms with van der Waals surface area (Å²) in [6.07, 6.45) is 8.68. The Bertz CT molecular complexity index is 1170. The fourth-order valence-electron chi connectivity index (χ4n) is 4.36. The van der Waals surface area contributed by atoms with Gasteiger partial charge >= 0.3 is 0 Å². The Labute approximate surface area is 210 Å². The number of sulfonamides is 1. The highest BCUT2D eigenvalue weighted by Crippen LogP contribution is 2.23. The third kappa shape index (κ3) is 6.90. The van der Waals surface area contributed by atoms with Crippen molar-refractivity contribution in [3.63, 3.8) is 0 Å². The van der Waals surface area contributed by atoms with E-state index >= 15 is 0 Å². The zero-order chi connectivity index (χ0) is 25.4. The van der Waals surface area contributed by atoms with Crippen molar-refractivity contribution in [2.75, 3.05) is 20.3 Å². The number of aryl methyl sites for hydroxylation is 1. The van der Waals surface area contributed by atoms with Gasteiger partial charge in [0.2, 0.25) is 10.0 Å². The van der Waals surface area contributed by atoms with Crippen LogP contribution in [0.15, 0.2) is 47.6 Å². The van der Waals surface area contributed by atoms with Gasteiger partial charge < -0.3 is 9.30 Å². The normalized spacial score (nSPS) is 13.2. The van der Waals surface area contributed by atoms with Gasteiger partial charge in [0.15, 0.2) is 0 Å². The van der Waals surface area contributed by atoms with Gasteiger partial charge in [-0.25, -0.2) is 13.4 Å². The van der Waals surface area contributed by atoms with Crippen LogP contribution in [0.1, 0.15) is 64.8 Å². The van der Waals surface area contributed by atoms with Crippen molar-refractivity contribution in [1.82, 2.24) is 18.8 Å². The molecule has 2 heterocycles. The first kappa shape index (κ1) is 27.3. The van der Waals surface area contributed by atoms with Crippen molar-refractivity contribution in [3.8, 4) is 0 Å². The molecule has 1 atom stereocenters. The van der Waals surface area contributed by atoms with Crippen LogP contribution in [0.25, 0.3) is 11.0 Å². The molecule has 0 unspecified atom stereocenters. The van der Waals surface area contributed by atoms with Gasteiger partial charge in [0.1, 0.15) is 11.3 Å². The Kier molecular flexibility index (Phi) is 9.83. The van der Waals surface area contributed by atoms with Crippen LogP contribution in [-0.4, -0.2) is 53.6 Å². The van der Waals surface area contributed by atoms with Crippen molar-refractivity contribution in [2.24, 2.45) is 5.92 Å². The third-order valence-electron chi connectivity index (χ3n) is 6.35. The average molecular weight is 501 g/mol. The number of likely N-dealkylation sites (N-methyl/N-ethyl adjacent to an activating group) is 1. The zero-order valence-corrected chi connectivity index (χ0v) is 22.6. The first-order valence-electron chi connectivity index (χ1n) is 12.7. The van der Waals surface area contributed by atoms with Crippen molar-refractivity contribution < 1.29 is 13.2 Å². The Morgan fingerprint density at radius 1 is 1.09 bits per heavy atom. The number of hydrogen-bond donors (Lipinski definition) is 0. The lowest BCUT2D eigenvalue weighted by atomic mass is 10.0. The Balaban J connectivity index is 1.82. The fraction of sp³-hybridized carbons (Fsp3) is 0.556. The molecule has 0 N–H and O–H groups in total. The van der Waals surface area contributed by atoms with E-state index in [1.807, 2.05) is 25.1 Å². The van der Waals surface area contributed by atoms with Crippen LogP contribution in [0.3, 0.4) is 0 Å². The average Bonchev–Trinajstić information content (AvgIpc) is 3.18. The molecule has 1 aromatic carbocycles. The summed E-state index contributed by atoms with van der Waals surface area (Å²) in [7, 11) is -1.97. The molecule has 0 saturated carbocycles. The molecule has 0 radical (unpaired) electrons. The van der Waals surface area contributed by atoms with Crippen LogP contribution in [0, 0.1) is 5.92 Å². The second kappa shape index (κ2) is 12.6. The molecule has 0 saturated heterocycles. The number of unbranched alkanes of at least 4 members (excludes halogenated alkanes) is 2. The van der Waals surface area contributed by atoms with Gasteiger partial charge in [0.25, 0.3) is 0 Å². The minimum atomic E-state index is -3.62. The van der Waals surface area contributed by atoms with Crippen LogP contribution in [-0.2, 0) is 27.7 Å². The van der Waals surface area contributed by atoms with E-state index in [4.69, 9.17) is 9.72 Å². The number of hydrogen-bond acceptors (Lipinski definition) is 5. The largest absolute Gasteiger partial charge is 0.380 e. The summed E-state index contributed by atoms with van der Waals surface area (Å²) >= 11 is 0. The summed E-state index contributed by atoms with van der Waals surface area (Å²) in [5.74, 6) is 1.41.